The molecule has 0 aromatic heterocycles. The first-order valence-corrected chi connectivity index (χ1v) is 6.81. The molecule has 3 N–H and O–H groups in total. The molecule has 1 fully saturated rings. The summed E-state index contributed by atoms with van der Waals surface area (Å²) in [5, 5.41) is 3.23. The van der Waals surface area contributed by atoms with Crippen LogP contribution in [-0.4, -0.2) is 42.5 Å². The van der Waals surface area contributed by atoms with Crippen LogP contribution in [0.3, 0.4) is 0 Å². The molecular weight excluding hydrogens is 214 g/mol. The Morgan fingerprint density at radius 3 is 2.53 bits per heavy atom. The molecular formula is C13H27N3O. The van der Waals surface area contributed by atoms with Gasteiger partial charge in [-0.05, 0) is 45.6 Å². The van der Waals surface area contributed by atoms with Crippen molar-refractivity contribution in [3.8, 4) is 0 Å². The highest BCUT2D eigenvalue weighted by molar-refractivity contribution is 5.80. The van der Waals surface area contributed by atoms with E-state index >= 15 is 0 Å². The van der Waals surface area contributed by atoms with Crippen LogP contribution in [0.5, 0.6) is 0 Å². The first-order valence-electron chi connectivity index (χ1n) is 6.81. The largest absolute Gasteiger partial charge is 0.368 e. The van der Waals surface area contributed by atoms with Crippen LogP contribution in [0.25, 0.3) is 0 Å². The summed E-state index contributed by atoms with van der Waals surface area (Å²) < 4.78 is 0. The van der Waals surface area contributed by atoms with Crippen molar-refractivity contribution in [3.63, 3.8) is 0 Å². The van der Waals surface area contributed by atoms with Crippen molar-refractivity contribution in [2.45, 2.75) is 52.1 Å². The number of amides is 1. The summed E-state index contributed by atoms with van der Waals surface area (Å²) in [6, 6.07) is 0.261. The number of rotatable bonds is 9. The van der Waals surface area contributed by atoms with Crippen molar-refractivity contribution in [1.29, 1.82) is 0 Å². The van der Waals surface area contributed by atoms with Crippen molar-refractivity contribution in [2.75, 3.05) is 19.6 Å². The Balaban J connectivity index is 2.44. The molecule has 0 heterocycles. The second-order valence-electron chi connectivity index (χ2n) is 5.40. The Bertz CT molecular complexity index is 239. The van der Waals surface area contributed by atoms with E-state index in [-0.39, 0.29) is 11.9 Å². The third-order valence-electron chi connectivity index (χ3n) is 3.32. The van der Waals surface area contributed by atoms with E-state index in [0.717, 1.165) is 32.0 Å². The van der Waals surface area contributed by atoms with Gasteiger partial charge in [0.05, 0.1) is 6.04 Å². The van der Waals surface area contributed by atoms with Gasteiger partial charge in [0.1, 0.15) is 0 Å². The zero-order valence-electron chi connectivity index (χ0n) is 11.4. The van der Waals surface area contributed by atoms with Crippen molar-refractivity contribution < 1.29 is 4.79 Å². The van der Waals surface area contributed by atoms with Gasteiger partial charge in [-0.25, -0.2) is 0 Å². The maximum Gasteiger partial charge on any atom is 0.235 e. The number of hydrogen-bond donors (Lipinski definition) is 2. The number of primary amides is 1. The number of nitrogens with two attached hydrogens (primary N) is 1. The molecule has 1 rings (SSSR count). The molecule has 1 aliphatic rings. The lowest BCUT2D eigenvalue weighted by Gasteiger charge is -2.30. The van der Waals surface area contributed by atoms with Crippen LogP contribution < -0.4 is 11.1 Å². The Labute approximate surface area is 105 Å². The molecule has 4 nitrogen and oxygen atoms in total. The van der Waals surface area contributed by atoms with E-state index in [0.29, 0.717) is 6.04 Å². The number of hydrogen-bond acceptors (Lipinski definition) is 3. The van der Waals surface area contributed by atoms with Gasteiger partial charge in [0, 0.05) is 19.1 Å². The van der Waals surface area contributed by atoms with Crippen LogP contribution in [0.1, 0.15) is 40.0 Å². The lowest BCUT2D eigenvalue weighted by Crippen LogP contribution is -2.51. The minimum atomic E-state index is -0.236. The van der Waals surface area contributed by atoms with Gasteiger partial charge in [-0.15, -0.1) is 0 Å². The van der Waals surface area contributed by atoms with Crippen LogP contribution in [0.15, 0.2) is 0 Å². The molecule has 1 unspecified atom stereocenters. The third kappa shape index (κ3) is 5.50. The molecule has 0 aromatic carbocycles. The average Bonchev–Trinajstić information content (AvgIpc) is 3.05. The Hall–Kier alpha value is -0.610. The second kappa shape index (κ2) is 6.97. The molecule has 1 aliphatic carbocycles. The van der Waals surface area contributed by atoms with E-state index in [1.54, 1.807) is 0 Å². The summed E-state index contributed by atoms with van der Waals surface area (Å²) in [5.41, 5.74) is 5.44. The number of nitrogens with one attached hydrogen (secondary N) is 1. The van der Waals surface area contributed by atoms with Crippen molar-refractivity contribution in [2.24, 2.45) is 11.7 Å². The van der Waals surface area contributed by atoms with E-state index < -0.39 is 0 Å². The Morgan fingerprint density at radius 1 is 1.47 bits per heavy atom. The Kier molecular flexibility index (Phi) is 5.92. The van der Waals surface area contributed by atoms with Crippen LogP contribution >= 0.6 is 0 Å². The topological polar surface area (TPSA) is 58.4 Å². The third-order valence-corrected chi connectivity index (χ3v) is 3.32. The SMILES string of the molecule is CCCNC(CN(CC1CC1)C(C)C)C(N)=O. The molecule has 1 atom stereocenters. The van der Waals surface area contributed by atoms with Crippen molar-refractivity contribution in [3.05, 3.63) is 0 Å². The van der Waals surface area contributed by atoms with Gasteiger partial charge in [-0.3, -0.25) is 9.69 Å². The zero-order valence-corrected chi connectivity index (χ0v) is 11.4. The fourth-order valence-corrected chi connectivity index (χ4v) is 1.94. The standard InChI is InChI=1S/C13H27N3O/c1-4-7-15-12(13(14)17)9-16(10(2)3)8-11-5-6-11/h10-12,15H,4-9H2,1-3H3,(H2,14,17). The highest BCUT2D eigenvalue weighted by atomic mass is 16.1. The second-order valence-corrected chi connectivity index (χ2v) is 5.40. The minimum absolute atomic E-state index is 0.212. The van der Waals surface area contributed by atoms with E-state index in [9.17, 15) is 4.79 Å². The molecule has 4 heteroatoms. The van der Waals surface area contributed by atoms with Gasteiger partial charge in [-0.1, -0.05) is 6.92 Å². The van der Waals surface area contributed by atoms with Crippen LogP contribution in [0, 0.1) is 5.92 Å². The zero-order chi connectivity index (χ0) is 12.8. The molecule has 17 heavy (non-hydrogen) atoms. The van der Waals surface area contributed by atoms with E-state index in [1.807, 2.05) is 0 Å². The van der Waals surface area contributed by atoms with Gasteiger partial charge in [0.15, 0.2) is 0 Å². The average molecular weight is 241 g/mol. The molecule has 0 spiro atoms. The molecule has 0 aliphatic heterocycles. The molecule has 100 valence electrons. The molecule has 0 aromatic rings. The highest BCUT2D eigenvalue weighted by Crippen LogP contribution is 2.30. The lowest BCUT2D eigenvalue weighted by atomic mass is 10.2. The van der Waals surface area contributed by atoms with Gasteiger partial charge >= 0.3 is 0 Å². The highest BCUT2D eigenvalue weighted by Gasteiger charge is 2.27. The van der Waals surface area contributed by atoms with Gasteiger partial charge in [0.25, 0.3) is 0 Å². The molecule has 0 saturated heterocycles. The Morgan fingerprint density at radius 2 is 2.12 bits per heavy atom. The predicted molar refractivity (Wildman–Crippen MR) is 70.7 cm³/mol. The lowest BCUT2D eigenvalue weighted by molar-refractivity contribution is -0.120. The summed E-state index contributed by atoms with van der Waals surface area (Å²) in [6.45, 7) is 9.15. The molecule has 1 saturated carbocycles. The first kappa shape index (κ1) is 14.5. The van der Waals surface area contributed by atoms with Gasteiger partial charge in [0.2, 0.25) is 5.91 Å². The normalized spacial score (nSPS) is 17.7. The number of carbonyl (C=O) groups is 1. The van der Waals surface area contributed by atoms with E-state index in [2.05, 4.69) is 31.0 Å². The number of nitrogens with zero attached hydrogens (tertiary/aromatic N) is 1. The summed E-state index contributed by atoms with van der Waals surface area (Å²) >= 11 is 0. The van der Waals surface area contributed by atoms with E-state index in [1.165, 1.54) is 12.8 Å². The molecule has 0 bridgehead atoms. The van der Waals surface area contributed by atoms with Gasteiger partial charge < -0.3 is 11.1 Å². The fraction of sp³-hybridized carbons (Fsp3) is 0.923. The fourth-order valence-electron chi connectivity index (χ4n) is 1.94. The van der Waals surface area contributed by atoms with Crippen molar-refractivity contribution >= 4 is 5.91 Å². The maximum absolute atomic E-state index is 11.4. The summed E-state index contributed by atoms with van der Waals surface area (Å²) in [6.07, 6.45) is 3.70. The van der Waals surface area contributed by atoms with Crippen LogP contribution in [0.2, 0.25) is 0 Å². The van der Waals surface area contributed by atoms with Gasteiger partial charge in [-0.2, -0.15) is 0 Å². The summed E-state index contributed by atoms with van der Waals surface area (Å²) in [5.74, 6) is 0.608. The van der Waals surface area contributed by atoms with Crippen LogP contribution in [0.4, 0.5) is 0 Å². The minimum Gasteiger partial charge on any atom is -0.368 e. The van der Waals surface area contributed by atoms with Crippen molar-refractivity contribution in [1.82, 2.24) is 10.2 Å². The number of carbonyl (C=O) groups excluding carboxylic acids is 1. The smallest absolute Gasteiger partial charge is 0.235 e. The predicted octanol–water partition coefficient (Wildman–Crippen LogP) is 0.960. The maximum atomic E-state index is 11.4. The van der Waals surface area contributed by atoms with Crippen LogP contribution in [-0.2, 0) is 4.79 Å². The monoisotopic (exact) mass is 241 g/mol. The summed E-state index contributed by atoms with van der Waals surface area (Å²) in [7, 11) is 0. The summed E-state index contributed by atoms with van der Waals surface area (Å²) in [4.78, 5) is 13.8. The first-order chi connectivity index (χ1) is 8.04. The quantitative estimate of drug-likeness (QED) is 0.632. The molecule has 0 radical (unpaired) electrons. The van der Waals surface area contributed by atoms with E-state index in [4.69, 9.17) is 5.73 Å². The molecule has 1 amide bonds.